The van der Waals surface area contributed by atoms with Crippen LogP contribution in [-0.2, 0) is 5.54 Å². The summed E-state index contributed by atoms with van der Waals surface area (Å²) in [7, 11) is 0. The zero-order valence-corrected chi connectivity index (χ0v) is 11.5. The van der Waals surface area contributed by atoms with E-state index in [0.29, 0.717) is 5.96 Å². The minimum atomic E-state index is -0.272. The van der Waals surface area contributed by atoms with Crippen LogP contribution in [0.2, 0.25) is 0 Å². The third-order valence-corrected chi connectivity index (χ3v) is 3.41. The lowest BCUT2D eigenvalue weighted by Gasteiger charge is -2.25. The van der Waals surface area contributed by atoms with E-state index in [1.807, 2.05) is 5.38 Å². The summed E-state index contributed by atoms with van der Waals surface area (Å²) in [5.41, 5.74) is 2.32. The summed E-state index contributed by atoms with van der Waals surface area (Å²) in [6.45, 7) is 7.02. The number of nitrogens with zero attached hydrogens (tertiary/aromatic N) is 2. The predicted octanol–water partition coefficient (Wildman–Crippen LogP) is 1.59. The van der Waals surface area contributed by atoms with Crippen molar-refractivity contribution in [2.24, 2.45) is 10.8 Å². The summed E-state index contributed by atoms with van der Waals surface area (Å²) in [6.07, 6.45) is 3.98. The van der Waals surface area contributed by atoms with Crippen LogP contribution < -0.4 is 16.6 Å². The molecule has 0 aliphatic carbocycles. The molecule has 1 rings (SSSR count). The minimum absolute atomic E-state index is 0.272. The average Bonchev–Trinajstić information content (AvgIpc) is 2.82. The smallest absolute Gasteiger partial charge is 0.206 e. The van der Waals surface area contributed by atoms with Gasteiger partial charge in [-0.1, -0.05) is 13.3 Å². The molecule has 6 heteroatoms. The predicted molar refractivity (Wildman–Crippen MR) is 72.8 cm³/mol. The van der Waals surface area contributed by atoms with E-state index in [2.05, 4.69) is 41.5 Å². The van der Waals surface area contributed by atoms with E-state index in [1.165, 1.54) is 0 Å². The second kappa shape index (κ2) is 6.56. The Balaban J connectivity index is 2.64. The molecule has 0 radical (unpaired) electrons. The highest BCUT2D eigenvalue weighted by Gasteiger charge is 2.24. The van der Waals surface area contributed by atoms with Crippen LogP contribution in [0.4, 0.5) is 0 Å². The Morgan fingerprint density at radius 2 is 2.35 bits per heavy atom. The number of nitrogens with two attached hydrogens (primary N) is 1. The van der Waals surface area contributed by atoms with Crippen LogP contribution in [0.1, 0.15) is 38.6 Å². The van der Waals surface area contributed by atoms with Crippen LogP contribution in [0.5, 0.6) is 0 Å². The highest BCUT2D eigenvalue weighted by molar-refractivity contribution is 7.09. The molecule has 0 aliphatic rings. The van der Waals surface area contributed by atoms with Crippen LogP contribution >= 0.6 is 11.3 Å². The third-order valence-electron chi connectivity index (χ3n) is 2.32. The Morgan fingerprint density at radius 3 is 2.88 bits per heavy atom. The molecule has 17 heavy (non-hydrogen) atoms. The second-order valence-corrected chi connectivity index (χ2v) is 5.21. The van der Waals surface area contributed by atoms with Gasteiger partial charge in [0.25, 0.3) is 0 Å². The molecule has 5 nitrogen and oxygen atoms in total. The molecule has 0 unspecified atom stereocenters. The molecule has 0 spiro atoms. The van der Waals surface area contributed by atoms with Crippen molar-refractivity contribution in [3.05, 3.63) is 16.6 Å². The van der Waals surface area contributed by atoms with Crippen LogP contribution in [-0.4, -0.2) is 17.5 Å². The highest BCUT2D eigenvalue weighted by Crippen LogP contribution is 2.21. The van der Waals surface area contributed by atoms with Gasteiger partial charge in [0.2, 0.25) is 5.96 Å². The lowest BCUT2D eigenvalue weighted by molar-refractivity contribution is 0.474. The highest BCUT2D eigenvalue weighted by atomic mass is 32.1. The third kappa shape index (κ3) is 4.32. The Morgan fingerprint density at radius 1 is 1.59 bits per heavy atom. The van der Waals surface area contributed by atoms with Crippen LogP contribution in [0, 0.1) is 0 Å². The number of nitrogens with one attached hydrogen (secondary N) is 2. The van der Waals surface area contributed by atoms with E-state index in [0.717, 1.165) is 24.4 Å². The Kier molecular flexibility index (Phi) is 5.37. The summed E-state index contributed by atoms with van der Waals surface area (Å²) < 4.78 is 0. The maximum atomic E-state index is 5.46. The molecule has 1 aromatic heterocycles. The SMILES string of the molecule is CCCCN=C(NN)NC(C)(C)c1nccs1. The first kappa shape index (κ1) is 13.9. The van der Waals surface area contributed by atoms with Gasteiger partial charge in [-0.3, -0.25) is 10.4 Å². The summed E-state index contributed by atoms with van der Waals surface area (Å²) in [5.74, 6) is 6.07. The number of hydrogen-bond acceptors (Lipinski definition) is 4. The van der Waals surface area contributed by atoms with Crippen molar-refractivity contribution in [2.45, 2.75) is 39.2 Å². The van der Waals surface area contributed by atoms with Gasteiger partial charge >= 0.3 is 0 Å². The first-order valence-electron chi connectivity index (χ1n) is 5.79. The van der Waals surface area contributed by atoms with Gasteiger partial charge in [0.1, 0.15) is 5.01 Å². The molecule has 0 atom stereocenters. The number of thiazole rings is 1. The number of hydrazine groups is 1. The molecule has 4 N–H and O–H groups in total. The maximum Gasteiger partial charge on any atom is 0.206 e. The van der Waals surface area contributed by atoms with Crippen molar-refractivity contribution in [2.75, 3.05) is 6.54 Å². The van der Waals surface area contributed by atoms with Gasteiger partial charge in [0.15, 0.2) is 0 Å². The molecule has 1 heterocycles. The van der Waals surface area contributed by atoms with Gasteiger partial charge in [-0.2, -0.15) is 0 Å². The van der Waals surface area contributed by atoms with Gasteiger partial charge in [-0.25, -0.2) is 10.8 Å². The number of unbranched alkanes of at least 4 members (excludes halogenated alkanes) is 1. The first-order valence-corrected chi connectivity index (χ1v) is 6.67. The van der Waals surface area contributed by atoms with Crippen LogP contribution in [0.3, 0.4) is 0 Å². The van der Waals surface area contributed by atoms with E-state index in [4.69, 9.17) is 5.84 Å². The summed E-state index contributed by atoms with van der Waals surface area (Å²) in [4.78, 5) is 8.68. The van der Waals surface area contributed by atoms with Crippen molar-refractivity contribution >= 4 is 17.3 Å². The lowest BCUT2D eigenvalue weighted by atomic mass is 10.1. The van der Waals surface area contributed by atoms with Gasteiger partial charge < -0.3 is 5.32 Å². The normalized spacial score (nSPS) is 12.6. The lowest BCUT2D eigenvalue weighted by Crippen LogP contribution is -2.50. The Hall–Kier alpha value is -1.14. The van der Waals surface area contributed by atoms with E-state index >= 15 is 0 Å². The second-order valence-electron chi connectivity index (χ2n) is 4.32. The summed E-state index contributed by atoms with van der Waals surface area (Å²) in [5, 5.41) is 6.24. The molecular weight excluding hydrogens is 234 g/mol. The number of hydrogen-bond donors (Lipinski definition) is 3. The van der Waals surface area contributed by atoms with Crippen molar-refractivity contribution in [1.29, 1.82) is 0 Å². The van der Waals surface area contributed by atoms with Gasteiger partial charge in [-0.05, 0) is 20.3 Å². The van der Waals surface area contributed by atoms with Crippen molar-refractivity contribution in [1.82, 2.24) is 15.7 Å². The molecule has 0 amide bonds. The zero-order chi connectivity index (χ0) is 12.7. The Labute approximate surface area is 107 Å². The van der Waals surface area contributed by atoms with Crippen molar-refractivity contribution < 1.29 is 0 Å². The molecular formula is C11H21N5S. The quantitative estimate of drug-likeness (QED) is 0.245. The fraction of sp³-hybridized carbons (Fsp3) is 0.636. The fourth-order valence-corrected chi connectivity index (χ4v) is 2.07. The standard InChI is InChI=1S/C11H21N5S/c1-4-5-6-14-10(16-12)15-11(2,3)9-13-7-8-17-9/h7-8H,4-6,12H2,1-3H3,(H2,14,15,16). The van der Waals surface area contributed by atoms with Crippen molar-refractivity contribution in [3.8, 4) is 0 Å². The topological polar surface area (TPSA) is 75.3 Å². The molecule has 0 saturated carbocycles. The molecule has 0 fully saturated rings. The van der Waals surface area contributed by atoms with Crippen LogP contribution in [0.25, 0.3) is 0 Å². The van der Waals surface area contributed by atoms with Gasteiger partial charge in [0.05, 0.1) is 5.54 Å². The molecule has 0 aliphatic heterocycles. The van der Waals surface area contributed by atoms with Crippen LogP contribution in [0.15, 0.2) is 16.6 Å². The minimum Gasteiger partial charge on any atom is -0.344 e. The largest absolute Gasteiger partial charge is 0.344 e. The average molecular weight is 255 g/mol. The number of aliphatic imine (C=N–C) groups is 1. The number of rotatable bonds is 5. The van der Waals surface area contributed by atoms with E-state index < -0.39 is 0 Å². The van der Waals surface area contributed by atoms with Gasteiger partial charge in [-0.15, -0.1) is 11.3 Å². The molecule has 0 bridgehead atoms. The summed E-state index contributed by atoms with van der Waals surface area (Å²) >= 11 is 1.61. The fourth-order valence-electron chi connectivity index (χ4n) is 1.35. The first-order chi connectivity index (χ1) is 8.10. The summed E-state index contributed by atoms with van der Waals surface area (Å²) in [6, 6.07) is 0. The number of guanidine groups is 1. The van der Waals surface area contributed by atoms with Crippen molar-refractivity contribution in [3.63, 3.8) is 0 Å². The van der Waals surface area contributed by atoms with E-state index in [9.17, 15) is 0 Å². The number of aromatic nitrogens is 1. The van der Waals surface area contributed by atoms with Gasteiger partial charge in [0, 0.05) is 18.1 Å². The molecule has 96 valence electrons. The zero-order valence-electron chi connectivity index (χ0n) is 10.7. The maximum absolute atomic E-state index is 5.46. The monoisotopic (exact) mass is 255 g/mol. The Bertz CT molecular complexity index is 345. The van der Waals surface area contributed by atoms with E-state index in [-0.39, 0.29) is 5.54 Å². The molecule has 0 saturated heterocycles. The molecule has 1 aromatic rings. The van der Waals surface area contributed by atoms with E-state index in [1.54, 1.807) is 17.5 Å². The molecule has 0 aromatic carbocycles.